The predicted octanol–water partition coefficient (Wildman–Crippen LogP) is 0.154. The molecule has 1 amide bonds. The van der Waals surface area contributed by atoms with Gasteiger partial charge >= 0.3 is 6.09 Å². The lowest BCUT2D eigenvalue weighted by molar-refractivity contribution is 0.0527. The van der Waals surface area contributed by atoms with Gasteiger partial charge in [-0.05, 0) is 53.2 Å². The van der Waals surface area contributed by atoms with Crippen molar-refractivity contribution in [1.82, 2.24) is 5.32 Å². The van der Waals surface area contributed by atoms with E-state index in [1.807, 2.05) is 20.8 Å². The summed E-state index contributed by atoms with van der Waals surface area (Å²) < 4.78 is 4.99. The second kappa shape index (κ2) is 11.6. The molecule has 0 saturated carbocycles. The molecule has 17 heavy (non-hydrogen) atoms. The second-order valence-corrected chi connectivity index (χ2v) is 4.50. The van der Waals surface area contributed by atoms with E-state index in [0.717, 1.165) is 25.9 Å². The first-order valence-electron chi connectivity index (χ1n) is 5.94. The quantitative estimate of drug-likeness (QED) is 0.517. The number of hydrogen-bond donors (Lipinski definition) is 4. The molecule has 0 aliphatic heterocycles. The number of rotatable bonds is 5. The Hall–Kier alpha value is -0.850. The minimum Gasteiger partial charge on any atom is -0.444 e. The molecule has 104 valence electrons. The SMILES string of the molecule is CC(C)(C)OC(=O)NCCCN.NCCCN. The van der Waals surface area contributed by atoms with Crippen LogP contribution in [0.15, 0.2) is 0 Å². The lowest BCUT2D eigenvalue weighted by Crippen LogP contribution is -2.33. The zero-order valence-corrected chi connectivity index (χ0v) is 11.3. The van der Waals surface area contributed by atoms with Crippen molar-refractivity contribution in [2.45, 2.75) is 39.2 Å². The van der Waals surface area contributed by atoms with Crippen LogP contribution in [-0.2, 0) is 4.74 Å². The Morgan fingerprint density at radius 3 is 1.82 bits per heavy atom. The van der Waals surface area contributed by atoms with Gasteiger partial charge in [-0.2, -0.15) is 0 Å². The monoisotopic (exact) mass is 248 g/mol. The highest BCUT2D eigenvalue weighted by atomic mass is 16.6. The minimum atomic E-state index is -0.424. The molecule has 0 atom stereocenters. The number of hydrogen-bond acceptors (Lipinski definition) is 5. The van der Waals surface area contributed by atoms with Gasteiger partial charge in [-0.1, -0.05) is 0 Å². The van der Waals surface area contributed by atoms with Crippen LogP contribution in [0.3, 0.4) is 0 Å². The van der Waals surface area contributed by atoms with E-state index in [9.17, 15) is 4.79 Å². The van der Waals surface area contributed by atoms with E-state index in [1.165, 1.54) is 0 Å². The number of carbonyl (C=O) groups excluding carboxylic acids is 1. The van der Waals surface area contributed by atoms with Crippen molar-refractivity contribution in [3.05, 3.63) is 0 Å². The van der Waals surface area contributed by atoms with Crippen molar-refractivity contribution >= 4 is 6.09 Å². The van der Waals surface area contributed by atoms with Gasteiger partial charge < -0.3 is 27.3 Å². The molecule has 6 nitrogen and oxygen atoms in total. The van der Waals surface area contributed by atoms with Gasteiger partial charge in [0.25, 0.3) is 0 Å². The maximum absolute atomic E-state index is 11.0. The van der Waals surface area contributed by atoms with Crippen molar-refractivity contribution in [3.8, 4) is 0 Å². The number of carbonyl (C=O) groups is 1. The van der Waals surface area contributed by atoms with Gasteiger partial charge in [0.1, 0.15) is 5.60 Å². The molecule has 0 rings (SSSR count). The summed E-state index contributed by atoms with van der Waals surface area (Å²) in [6.45, 7) is 8.08. The minimum absolute atomic E-state index is 0.379. The Labute approximate surface area is 104 Å². The maximum atomic E-state index is 11.0. The summed E-state index contributed by atoms with van der Waals surface area (Å²) in [6, 6.07) is 0. The van der Waals surface area contributed by atoms with Gasteiger partial charge in [0.05, 0.1) is 0 Å². The number of alkyl carbamates (subject to hydrolysis) is 1. The first-order valence-corrected chi connectivity index (χ1v) is 5.94. The molecule has 0 aromatic rings. The fourth-order valence-electron chi connectivity index (χ4n) is 0.725. The Morgan fingerprint density at radius 1 is 1.06 bits per heavy atom. The summed E-state index contributed by atoms with van der Waals surface area (Å²) in [6.07, 6.45) is 1.34. The molecule has 0 heterocycles. The molecule has 0 aliphatic carbocycles. The first-order chi connectivity index (χ1) is 7.87. The van der Waals surface area contributed by atoms with E-state index in [1.54, 1.807) is 0 Å². The maximum Gasteiger partial charge on any atom is 0.407 e. The van der Waals surface area contributed by atoms with Crippen molar-refractivity contribution in [2.75, 3.05) is 26.2 Å². The molecule has 0 saturated heterocycles. The van der Waals surface area contributed by atoms with Crippen LogP contribution < -0.4 is 22.5 Å². The third kappa shape index (κ3) is 21.1. The summed E-state index contributed by atoms with van der Waals surface area (Å²) in [5.74, 6) is 0. The van der Waals surface area contributed by atoms with E-state index in [4.69, 9.17) is 21.9 Å². The standard InChI is InChI=1S/C8H18N2O2.C3H10N2/c1-8(2,3)12-7(11)10-6-4-5-9;4-2-1-3-5/h4-6,9H2,1-3H3,(H,10,11);1-5H2. The van der Waals surface area contributed by atoms with Crippen molar-refractivity contribution < 1.29 is 9.53 Å². The van der Waals surface area contributed by atoms with Crippen LogP contribution >= 0.6 is 0 Å². The van der Waals surface area contributed by atoms with E-state index in [2.05, 4.69) is 5.32 Å². The highest BCUT2D eigenvalue weighted by molar-refractivity contribution is 5.67. The number of nitrogens with one attached hydrogen (secondary N) is 1. The van der Waals surface area contributed by atoms with Crippen molar-refractivity contribution in [3.63, 3.8) is 0 Å². The number of amides is 1. The van der Waals surface area contributed by atoms with Crippen LogP contribution in [0.4, 0.5) is 4.79 Å². The second-order valence-electron chi connectivity index (χ2n) is 4.50. The van der Waals surface area contributed by atoms with Crippen molar-refractivity contribution in [1.29, 1.82) is 0 Å². The Kier molecular flexibility index (Phi) is 12.7. The molecule has 0 aromatic carbocycles. The van der Waals surface area contributed by atoms with Gasteiger partial charge in [-0.15, -0.1) is 0 Å². The third-order valence-corrected chi connectivity index (χ3v) is 1.46. The van der Waals surface area contributed by atoms with E-state index in [0.29, 0.717) is 13.1 Å². The van der Waals surface area contributed by atoms with Gasteiger partial charge in [0, 0.05) is 6.54 Å². The van der Waals surface area contributed by atoms with Gasteiger partial charge in [-0.3, -0.25) is 0 Å². The molecule has 6 heteroatoms. The fourth-order valence-corrected chi connectivity index (χ4v) is 0.725. The molecule has 0 aliphatic rings. The average Bonchev–Trinajstić information content (AvgIpc) is 2.17. The average molecular weight is 248 g/mol. The van der Waals surface area contributed by atoms with Gasteiger partial charge in [-0.25, -0.2) is 4.79 Å². The van der Waals surface area contributed by atoms with Crippen LogP contribution in [0.2, 0.25) is 0 Å². The molecule has 0 spiro atoms. The first kappa shape index (κ1) is 18.5. The molecular weight excluding hydrogens is 220 g/mol. The molecule has 0 radical (unpaired) electrons. The Morgan fingerprint density at radius 2 is 1.53 bits per heavy atom. The van der Waals surface area contributed by atoms with Crippen LogP contribution in [0.1, 0.15) is 33.6 Å². The smallest absolute Gasteiger partial charge is 0.407 e. The number of ether oxygens (including phenoxy) is 1. The summed E-state index contributed by atoms with van der Waals surface area (Å²) in [5.41, 5.74) is 14.9. The molecule has 0 fully saturated rings. The molecule has 0 aromatic heterocycles. The lowest BCUT2D eigenvalue weighted by Gasteiger charge is -2.19. The topological polar surface area (TPSA) is 116 Å². The number of nitrogens with two attached hydrogens (primary N) is 3. The summed E-state index contributed by atoms with van der Waals surface area (Å²) >= 11 is 0. The van der Waals surface area contributed by atoms with Crippen LogP contribution in [0, 0.1) is 0 Å². The molecule has 7 N–H and O–H groups in total. The predicted molar refractivity (Wildman–Crippen MR) is 70.6 cm³/mol. The summed E-state index contributed by atoms with van der Waals surface area (Å²) in [4.78, 5) is 11.0. The Balaban J connectivity index is 0. The third-order valence-electron chi connectivity index (χ3n) is 1.46. The van der Waals surface area contributed by atoms with E-state index < -0.39 is 5.60 Å². The summed E-state index contributed by atoms with van der Waals surface area (Å²) in [5, 5.41) is 2.60. The van der Waals surface area contributed by atoms with Gasteiger partial charge in [0.2, 0.25) is 0 Å². The highest BCUT2D eigenvalue weighted by Gasteiger charge is 2.14. The fraction of sp³-hybridized carbons (Fsp3) is 0.909. The highest BCUT2D eigenvalue weighted by Crippen LogP contribution is 2.05. The zero-order chi connectivity index (χ0) is 13.7. The summed E-state index contributed by atoms with van der Waals surface area (Å²) in [7, 11) is 0. The van der Waals surface area contributed by atoms with E-state index >= 15 is 0 Å². The van der Waals surface area contributed by atoms with Crippen LogP contribution in [0.25, 0.3) is 0 Å². The normalized spacial score (nSPS) is 10.2. The largest absolute Gasteiger partial charge is 0.444 e. The van der Waals surface area contributed by atoms with Crippen LogP contribution in [0.5, 0.6) is 0 Å². The van der Waals surface area contributed by atoms with Crippen molar-refractivity contribution in [2.24, 2.45) is 17.2 Å². The molecule has 0 bridgehead atoms. The van der Waals surface area contributed by atoms with E-state index in [-0.39, 0.29) is 6.09 Å². The Bertz CT molecular complexity index is 179. The zero-order valence-electron chi connectivity index (χ0n) is 11.3. The van der Waals surface area contributed by atoms with Crippen LogP contribution in [-0.4, -0.2) is 37.9 Å². The molecule has 0 unspecified atom stereocenters. The van der Waals surface area contributed by atoms with Gasteiger partial charge in [0.15, 0.2) is 0 Å². The lowest BCUT2D eigenvalue weighted by atomic mass is 10.2. The molecular formula is C11H28N4O2.